The highest BCUT2D eigenvalue weighted by atomic mass is 19.1. The molecule has 120 valence electrons. The Kier molecular flexibility index (Phi) is 3.85. The average Bonchev–Trinajstić information content (AvgIpc) is 2.86. The van der Waals surface area contributed by atoms with Crippen molar-refractivity contribution < 1.29 is 9.13 Å². The van der Waals surface area contributed by atoms with E-state index in [1.165, 1.54) is 12.4 Å². The minimum absolute atomic E-state index is 0.0877. The molecule has 1 N–H and O–H groups in total. The van der Waals surface area contributed by atoms with Crippen LogP contribution in [0.15, 0.2) is 24.5 Å². The molecule has 3 aromatic rings. The van der Waals surface area contributed by atoms with E-state index in [-0.39, 0.29) is 11.9 Å². The maximum absolute atomic E-state index is 14.3. The zero-order valence-corrected chi connectivity index (χ0v) is 13.5. The smallest absolute Gasteiger partial charge is 0.165 e. The largest absolute Gasteiger partial charge is 0.488 e. The van der Waals surface area contributed by atoms with Gasteiger partial charge in [0, 0.05) is 19.7 Å². The van der Waals surface area contributed by atoms with Crippen LogP contribution < -0.4 is 10.1 Å². The maximum Gasteiger partial charge on any atom is 0.165 e. The molecule has 0 fully saturated rings. The molecule has 0 atom stereocenters. The third-order valence-corrected chi connectivity index (χ3v) is 3.43. The van der Waals surface area contributed by atoms with Gasteiger partial charge in [-0.25, -0.2) is 19.0 Å². The van der Waals surface area contributed by atoms with E-state index in [1.54, 1.807) is 30.9 Å². The number of nitrogens with zero attached hydrogens (tertiary/aromatic N) is 4. The number of aromatic nitrogens is 4. The molecule has 0 bridgehead atoms. The number of ether oxygens (including phenoxy) is 1. The summed E-state index contributed by atoms with van der Waals surface area (Å²) in [5.41, 5.74) is 1.96. The summed E-state index contributed by atoms with van der Waals surface area (Å²) in [5.74, 6) is 0.466. The Bertz CT molecular complexity index is 859. The lowest BCUT2D eigenvalue weighted by molar-refractivity contribution is 0.231. The Morgan fingerprint density at radius 3 is 2.70 bits per heavy atom. The molecule has 2 aromatic heterocycles. The van der Waals surface area contributed by atoms with Gasteiger partial charge in [-0.15, -0.1) is 0 Å². The molecule has 0 saturated carbocycles. The lowest BCUT2D eigenvalue weighted by Gasteiger charge is -2.11. The summed E-state index contributed by atoms with van der Waals surface area (Å²) < 4.78 is 21.4. The predicted molar refractivity (Wildman–Crippen MR) is 87.0 cm³/mol. The molecule has 1 aromatic carbocycles. The Morgan fingerprint density at radius 1 is 1.26 bits per heavy atom. The van der Waals surface area contributed by atoms with Crippen molar-refractivity contribution in [1.29, 1.82) is 0 Å². The van der Waals surface area contributed by atoms with E-state index in [4.69, 9.17) is 4.74 Å². The summed E-state index contributed by atoms with van der Waals surface area (Å²) in [4.78, 5) is 8.46. The highest BCUT2D eigenvalue weighted by molar-refractivity contribution is 5.98. The molecule has 7 heteroatoms. The van der Waals surface area contributed by atoms with Crippen molar-refractivity contribution in [3.8, 4) is 17.0 Å². The van der Waals surface area contributed by atoms with Crippen LogP contribution >= 0.6 is 0 Å². The first-order valence-corrected chi connectivity index (χ1v) is 7.33. The fourth-order valence-electron chi connectivity index (χ4n) is 2.48. The standard InChI is InChI=1S/C16H18FN5O/c1-9(2)23-12-6-5-10(7-11(12)17)14-13-15(18-3)19-8-20-16(13)22(4)21-14/h5-9H,1-4H3,(H,18,19,20). The van der Waals surface area contributed by atoms with Gasteiger partial charge < -0.3 is 10.1 Å². The number of anilines is 1. The van der Waals surface area contributed by atoms with E-state index in [1.807, 2.05) is 13.8 Å². The highest BCUT2D eigenvalue weighted by Gasteiger charge is 2.17. The first-order valence-electron chi connectivity index (χ1n) is 7.33. The first-order chi connectivity index (χ1) is 11.0. The van der Waals surface area contributed by atoms with Gasteiger partial charge in [0.25, 0.3) is 0 Å². The summed E-state index contributed by atoms with van der Waals surface area (Å²) in [6.07, 6.45) is 1.38. The van der Waals surface area contributed by atoms with Crippen LogP contribution in [0.3, 0.4) is 0 Å². The second kappa shape index (κ2) is 5.83. The fourth-order valence-corrected chi connectivity index (χ4v) is 2.48. The molecule has 0 unspecified atom stereocenters. The Morgan fingerprint density at radius 2 is 2.04 bits per heavy atom. The summed E-state index contributed by atoms with van der Waals surface area (Å²) >= 11 is 0. The van der Waals surface area contributed by atoms with Crippen molar-refractivity contribution in [3.05, 3.63) is 30.3 Å². The van der Waals surface area contributed by atoms with Gasteiger partial charge in [0.2, 0.25) is 0 Å². The van der Waals surface area contributed by atoms with Gasteiger partial charge in [-0.1, -0.05) is 0 Å². The van der Waals surface area contributed by atoms with Gasteiger partial charge in [-0.05, 0) is 32.0 Å². The molecule has 0 saturated heterocycles. The van der Waals surface area contributed by atoms with E-state index < -0.39 is 5.82 Å². The van der Waals surface area contributed by atoms with Gasteiger partial charge in [0.05, 0.1) is 11.5 Å². The van der Waals surface area contributed by atoms with Crippen LogP contribution in [0.25, 0.3) is 22.3 Å². The average molecular weight is 315 g/mol. The minimum atomic E-state index is -0.419. The summed E-state index contributed by atoms with van der Waals surface area (Å²) in [6.45, 7) is 3.71. The molecule has 2 heterocycles. The number of rotatable bonds is 4. The molecule has 3 rings (SSSR count). The molecular weight excluding hydrogens is 297 g/mol. The van der Waals surface area contributed by atoms with Crippen LogP contribution in [-0.4, -0.2) is 32.9 Å². The molecular formula is C16H18FN5O. The second-order valence-corrected chi connectivity index (χ2v) is 5.45. The highest BCUT2D eigenvalue weighted by Crippen LogP contribution is 2.32. The molecule has 0 aliphatic rings. The SMILES string of the molecule is CNc1ncnc2c1c(-c1ccc(OC(C)C)c(F)c1)nn2C. The summed E-state index contributed by atoms with van der Waals surface area (Å²) in [7, 11) is 3.57. The molecule has 0 spiro atoms. The minimum Gasteiger partial charge on any atom is -0.488 e. The summed E-state index contributed by atoms with van der Waals surface area (Å²) in [5, 5.41) is 8.25. The quantitative estimate of drug-likeness (QED) is 0.802. The fraction of sp³-hybridized carbons (Fsp3) is 0.312. The number of hydrogen-bond donors (Lipinski definition) is 1. The topological polar surface area (TPSA) is 64.9 Å². The third-order valence-electron chi connectivity index (χ3n) is 3.43. The van der Waals surface area contributed by atoms with Crippen LogP contribution in [0.4, 0.5) is 10.2 Å². The lowest BCUT2D eigenvalue weighted by atomic mass is 10.1. The van der Waals surface area contributed by atoms with Gasteiger partial charge in [-0.2, -0.15) is 5.10 Å². The number of hydrogen-bond acceptors (Lipinski definition) is 5. The van der Waals surface area contributed by atoms with E-state index >= 15 is 0 Å². The number of halogens is 1. The number of aryl methyl sites for hydroxylation is 1. The second-order valence-electron chi connectivity index (χ2n) is 5.45. The molecule has 0 amide bonds. The van der Waals surface area contributed by atoms with Gasteiger partial charge in [-0.3, -0.25) is 0 Å². The normalized spacial score (nSPS) is 11.2. The number of benzene rings is 1. The predicted octanol–water partition coefficient (Wildman–Crippen LogP) is 3.00. The van der Waals surface area contributed by atoms with Crippen molar-refractivity contribution in [2.45, 2.75) is 20.0 Å². The van der Waals surface area contributed by atoms with Crippen molar-refractivity contribution in [2.24, 2.45) is 7.05 Å². The van der Waals surface area contributed by atoms with Gasteiger partial charge >= 0.3 is 0 Å². The maximum atomic E-state index is 14.3. The van der Waals surface area contributed by atoms with Crippen molar-refractivity contribution >= 4 is 16.9 Å². The van der Waals surface area contributed by atoms with Gasteiger partial charge in [0.1, 0.15) is 17.8 Å². The molecule has 0 aliphatic heterocycles. The molecule has 0 radical (unpaired) electrons. The number of nitrogens with one attached hydrogen (secondary N) is 1. The Labute approximate surface area is 133 Å². The van der Waals surface area contributed by atoms with E-state index in [9.17, 15) is 4.39 Å². The van der Waals surface area contributed by atoms with E-state index in [0.717, 1.165) is 5.39 Å². The lowest BCUT2D eigenvalue weighted by Crippen LogP contribution is -2.06. The first kappa shape index (κ1) is 15.2. The molecule has 23 heavy (non-hydrogen) atoms. The summed E-state index contributed by atoms with van der Waals surface area (Å²) in [6, 6.07) is 4.83. The molecule has 0 aliphatic carbocycles. The van der Waals surface area contributed by atoms with Crippen LogP contribution in [-0.2, 0) is 7.05 Å². The third kappa shape index (κ3) is 2.69. The van der Waals surface area contributed by atoms with Crippen LogP contribution in [0, 0.1) is 5.82 Å². The Balaban J connectivity index is 2.16. The van der Waals surface area contributed by atoms with Gasteiger partial charge in [0.15, 0.2) is 17.2 Å². The van der Waals surface area contributed by atoms with Crippen LogP contribution in [0.1, 0.15) is 13.8 Å². The van der Waals surface area contributed by atoms with Crippen LogP contribution in [0.5, 0.6) is 5.75 Å². The van der Waals surface area contributed by atoms with Crippen molar-refractivity contribution in [3.63, 3.8) is 0 Å². The monoisotopic (exact) mass is 315 g/mol. The Hall–Kier alpha value is -2.70. The number of fused-ring (bicyclic) bond motifs is 1. The van der Waals surface area contributed by atoms with E-state index in [2.05, 4.69) is 20.4 Å². The molecule has 6 nitrogen and oxygen atoms in total. The van der Waals surface area contributed by atoms with Crippen LogP contribution in [0.2, 0.25) is 0 Å². The van der Waals surface area contributed by atoms with Crippen molar-refractivity contribution in [1.82, 2.24) is 19.7 Å². The van der Waals surface area contributed by atoms with Crippen molar-refractivity contribution in [2.75, 3.05) is 12.4 Å². The van der Waals surface area contributed by atoms with E-state index in [0.29, 0.717) is 22.7 Å². The zero-order valence-electron chi connectivity index (χ0n) is 13.5. The zero-order chi connectivity index (χ0) is 16.6.